The van der Waals surface area contributed by atoms with Gasteiger partial charge in [0.15, 0.2) is 0 Å². The number of nitrogens with one attached hydrogen (secondary N) is 1. The summed E-state index contributed by atoms with van der Waals surface area (Å²) in [7, 11) is 0. The molecule has 0 radical (unpaired) electrons. The summed E-state index contributed by atoms with van der Waals surface area (Å²) in [6, 6.07) is 57.8. The Morgan fingerprint density at radius 2 is 0.941 bits per heavy atom. The van der Waals surface area contributed by atoms with E-state index in [0.29, 0.717) is 0 Å². The van der Waals surface area contributed by atoms with Gasteiger partial charge in [-0.25, -0.2) is 0 Å². The van der Waals surface area contributed by atoms with Crippen LogP contribution in [-0.2, 0) is 0 Å². The zero-order chi connectivity index (χ0) is 37.0. The third kappa shape index (κ3) is 12.2. The van der Waals surface area contributed by atoms with E-state index in [1.165, 1.54) is 72.0 Å². The van der Waals surface area contributed by atoms with E-state index < -0.39 is 0 Å². The molecule has 7 aromatic carbocycles. The minimum absolute atomic E-state index is 1.19. The molecule has 0 heterocycles. The topological polar surface area (TPSA) is 64.1 Å². The van der Waals surface area contributed by atoms with Crippen LogP contribution in [0.3, 0.4) is 0 Å². The second-order valence-electron chi connectivity index (χ2n) is 11.9. The monoisotopic (exact) mass is 669 g/mol. The van der Waals surface area contributed by atoms with Crippen LogP contribution in [0.25, 0.3) is 50.2 Å². The van der Waals surface area contributed by atoms with Gasteiger partial charge in [0.2, 0.25) is 0 Å². The molecule has 0 aliphatic rings. The quantitative estimate of drug-likeness (QED) is 0.0993. The molecular weight excluding hydrogens is 619 g/mol. The summed E-state index contributed by atoms with van der Waals surface area (Å²) in [5.74, 6) is 8.75. The van der Waals surface area contributed by atoms with Crippen molar-refractivity contribution in [3.05, 3.63) is 211 Å². The van der Waals surface area contributed by atoms with Gasteiger partial charge in [-0.2, -0.15) is 5.53 Å². The Balaban J connectivity index is 0.000000232. The molecule has 0 aliphatic carbocycles. The average molecular weight is 670 g/mol. The molecule has 3 heteroatoms. The first-order valence-corrected chi connectivity index (χ1v) is 17.0. The first-order chi connectivity index (χ1) is 24.8. The molecule has 7 rings (SSSR count). The molecule has 0 amide bonds. The van der Waals surface area contributed by atoms with Gasteiger partial charge in [-0.1, -0.05) is 175 Å². The maximum Gasteiger partial charge on any atom is -0.0154 e. The number of benzene rings is 7. The van der Waals surface area contributed by atoms with Crippen molar-refractivity contribution in [3.8, 4) is 33.4 Å². The van der Waals surface area contributed by atoms with E-state index in [2.05, 4.69) is 199 Å². The Bertz CT molecular complexity index is 2080. The van der Waals surface area contributed by atoms with Crippen LogP contribution < -0.4 is 17.2 Å². The van der Waals surface area contributed by atoms with Gasteiger partial charge in [-0.15, -0.1) is 13.2 Å². The lowest BCUT2D eigenvalue weighted by Crippen LogP contribution is -2.29. The van der Waals surface area contributed by atoms with Crippen molar-refractivity contribution >= 4 is 16.8 Å². The first-order valence-electron chi connectivity index (χ1n) is 17.0. The molecule has 7 aromatic rings. The highest BCUT2D eigenvalue weighted by Gasteiger charge is 2.07. The van der Waals surface area contributed by atoms with Crippen LogP contribution in [0.5, 0.6) is 0 Å². The number of hydrogen-bond donors (Lipinski definition) is 3. The van der Waals surface area contributed by atoms with Crippen molar-refractivity contribution in [2.24, 2.45) is 11.7 Å². The largest absolute Gasteiger partial charge is 0.258 e. The molecule has 258 valence electrons. The fourth-order valence-electron chi connectivity index (χ4n) is 5.55. The minimum Gasteiger partial charge on any atom is -0.258 e. The van der Waals surface area contributed by atoms with Gasteiger partial charge in [0, 0.05) is 0 Å². The van der Waals surface area contributed by atoms with Gasteiger partial charge in [-0.3, -0.25) is 11.7 Å². The van der Waals surface area contributed by atoms with Gasteiger partial charge in [0.25, 0.3) is 0 Å². The lowest BCUT2D eigenvalue weighted by molar-refractivity contribution is 0.803. The normalized spacial score (nSPS) is 9.69. The number of hydrogen-bond acceptors (Lipinski definition) is 3. The molecule has 0 fully saturated rings. The Morgan fingerprint density at radius 3 is 1.53 bits per heavy atom. The predicted molar refractivity (Wildman–Crippen MR) is 225 cm³/mol. The van der Waals surface area contributed by atoms with Crippen molar-refractivity contribution < 1.29 is 0 Å². The maximum atomic E-state index is 4.38. The molecule has 51 heavy (non-hydrogen) atoms. The Hall–Kier alpha value is -5.84. The molecule has 0 aliphatic heterocycles. The van der Waals surface area contributed by atoms with E-state index in [0.717, 1.165) is 0 Å². The second-order valence-corrected chi connectivity index (χ2v) is 11.9. The summed E-state index contributed by atoms with van der Waals surface area (Å²) in [5, 5.41) is 2.56. The van der Waals surface area contributed by atoms with Gasteiger partial charge in [0.05, 0.1) is 0 Å². The van der Waals surface area contributed by atoms with Crippen molar-refractivity contribution in [1.82, 2.24) is 5.53 Å². The van der Waals surface area contributed by atoms with Gasteiger partial charge < -0.3 is 0 Å². The third-order valence-electron chi connectivity index (χ3n) is 8.19. The lowest BCUT2D eigenvalue weighted by Gasteiger charge is -2.11. The first kappa shape index (κ1) is 39.6. The number of rotatable bonds is 4. The number of hydrazine groups is 2. The van der Waals surface area contributed by atoms with Crippen LogP contribution in [0.2, 0.25) is 0 Å². The van der Waals surface area contributed by atoms with Gasteiger partial charge in [0.1, 0.15) is 0 Å². The van der Waals surface area contributed by atoms with E-state index in [-0.39, 0.29) is 0 Å². The second kappa shape index (κ2) is 21.3. The zero-order valence-electron chi connectivity index (χ0n) is 30.4. The van der Waals surface area contributed by atoms with Crippen LogP contribution in [-0.4, -0.2) is 0 Å². The van der Waals surface area contributed by atoms with Crippen molar-refractivity contribution in [2.75, 3.05) is 0 Å². The number of nitrogens with two attached hydrogens (primary N) is 2. The SMILES string of the molecule is C=C.C=Cc1cc(-c2ccc(-c3ccc4ccccc4c3)c(C)c2)ccc1C.Cc1cccc(-c2ccccc2)c1.Cc1ccccc1.NNN. The lowest BCUT2D eigenvalue weighted by atomic mass is 9.93. The Morgan fingerprint density at radius 1 is 0.431 bits per heavy atom. The van der Waals surface area contributed by atoms with E-state index >= 15 is 0 Å². The fraction of sp³-hybridized carbons (Fsp3) is 0.0833. The molecule has 0 unspecified atom stereocenters. The van der Waals surface area contributed by atoms with Crippen LogP contribution in [0.15, 0.2) is 184 Å². The molecule has 0 bridgehead atoms. The summed E-state index contributed by atoms with van der Waals surface area (Å²) < 4.78 is 0. The molecule has 5 N–H and O–H groups in total. The van der Waals surface area contributed by atoms with Gasteiger partial charge >= 0.3 is 0 Å². The smallest absolute Gasteiger partial charge is 0.0154 e. The van der Waals surface area contributed by atoms with E-state index in [1.807, 2.05) is 30.3 Å². The highest BCUT2D eigenvalue weighted by Crippen LogP contribution is 2.31. The molecule has 0 saturated heterocycles. The van der Waals surface area contributed by atoms with Crippen molar-refractivity contribution in [1.29, 1.82) is 0 Å². The van der Waals surface area contributed by atoms with Crippen molar-refractivity contribution in [2.45, 2.75) is 27.7 Å². The standard InChI is InChI=1S/C26H22.C13H12.C7H8.C2H4.H5N3/c1-4-20-16-24(10-9-18(20)2)23-13-14-26(19(3)15-23)25-12-11-21-7-5-6-8-22(21)17-25;1-11-6-5-9-13(10-11)12-7-3-2-4-8-12;1-7-5-3-2-4-6-7;1-2;1-3-2/h4-17H,1H2,2-3H3;2-10H,1H3;2-6H,1H3;1-2H2;3H,1-2H2. The minimum atomic E-state index is 1.19. The van der Waals surface area contributed by atoms with Crippen molar-refractivity contribution in [3.63, 3.8) is 0 Å². The molecule has 0 aromatic heterocycles. The van der Waals surface area contributed by atoms with Crippen LogP contribution in [0.4, 0.5) is 0 Å². The molecule has 0 saturated carbocycles. The maximum absolute atomic E-state index is 4.38. The highest BCUT2D eigenvalue weighted by molar-refractivity contribution is 5.88. The molecule has 0 spiro atoms. The summed E-state index contributed by atoms with van der Waals surface area (Å²) in [6.45, 7) is 18.4. The number of aryl methyl sites for hydroxylation is 4. The average Bonchev–Trinajstić information content (AvgIpc) is 3.17. The van der Waals surface area contributed by atoms with Crippen LogP contribution >= 0.6 is 0 Å². The molecular formula is C48H51N3. The van der Waals surface area contributed by atoms with E-state index in [1.54, 1.807) is 5.53 Å². The summed E-state index contributed by atoms with van der Waals surface area (Å²) in [5.41, 5.74) is 15.7. The van der Waals surface area contributed by atoms with E-state index in [4.69, 9.17) is 0 Å². The molecule has 0 atom stereocenters. The van der Waals surface area contributed by atoms with E-state index in [9.17, 15) is 0 Å². The number of fused-ring (bicyclic) bond motifs is 1. The Kier molecular flexibility index (Phi) is 16.5. The zero-order valence-corrected chi connectivity index (χ0v) is 30.4. The van der Waals surface area contributed by atoms with Crippen LogP contribution in [0, 0.1) is 27.7 Å². The Labute approximate surface area is 305 Å². The fourth-order valence-corrected chi connectivity index (χ4v) is 5.55. The third-order valence-corrected chi connectivity index (χ3v) is 8.19. The van der Waals surface area contributed by atoms with Gasteiger partial charge in [-0.05, 0) is 101 Å². The summed E-state index contributed by atoms with van der Waals surface area (Å²) in [4.78, 5) is 0. The summed E-state index contributed by atoms with van der Waals surface area (Å²) in [6.07, 6.45) is 1.93. The summed E-state index contributed by atoms with van der Waals surface area (Å²) >= 11 is 0. The predicted octanol–water partition coefficient (Wildman–Crippen LogP) is 12.2. The highest BCUT2D eigenvalue weighted by atomic mass is 15.4. The molecule has 3 nitrogen and oxygen atoms in total. The van der Waals surface area contributed by atoms with Crippen LogP contribution in [0.1, 0.15) is 27.8 Å².